The molecular weight excluding hydrogens is 310 g/mol. The maximum atomic E-state index is 12.7. The third kappa shape index (κ3) is 4.12. The van der Waals surface area contributed by atoms with E-state index in [9.17, 15) is 8.42 Å². The van der Waals surface area contributed by atoms with Crippen molar-refractivity contribution in [1.82, 2.24) is 4.72 Å². The summed E-state index contributed by atoms with van der Waals surface area (Å²) in [6.07, 6.45) is 0. The van der Waals surface area contributed by atoms with Gasteiger partial charge in [-0.3, -0.25) is 0 Å². The van der Waals surface area contributed by atoms with E-state index in [1.165, 1.54) is 0 Å². The minimum absolute atomic E-state index is 0.102. The van der Waals surface area contributed by atoms with Gasteiger partial charge in [0.15, 0.2) is 0 Å². The highest BCUT2D eigenvalue weighted by molar-refractivity contribution is 7.89. The summed E-state index contributed by atoms with van der Waals surface area (Å²) in [4.78, 5) is 0.332. The van der Waals surface area contributed by atoms with Crippen LogP contribution in [0.3, 0.4) is 0 Å². The predicted molar refractivity (Wildman–Crippen MR) is 92.5 cm³/mol. The molecule has 0 saturated heterocycles. The van der Waals surface area contributed by atoms with E-state index in [-0.39, 0.29) is 5.92 Å². The van der Waals surface area contributed by atoms with Gasteiger partial charge >= 0.3 is 0 Å². The first-order valence-electron chi connectivity index (χ1n) is 7.55. The van der Waals surface area contributed by atoms with Crippen LogP contribution in [0, 0.1) is 13.8 Å². The molecule has 0 saturated carbocycles. The Kier molecular flexibility index (Phi) is 5.44. The molecule has 2 aromatic carbocycles. The van der Waals surface area contributed by atoms with Gasteiger partial charge in [-0.2, -0.15) is 0 Å². The molecule has 124 valence electrons. The van der Waals surface area contributed by atoms with Crippen LogP contribution in [0.2, 0.25) is 0 Å². The third-order valence-corrected chi connectivity index (χ3v) is 5.61. The molecule has 0 aliphatic rings. The van der Waals surface area contributed by atoms with E-state index in [4.69, 9.17) is 4.74 Å². The number of sulfonamides is 1. The van der Waals surface area contributed by atoms with Crippen molar-refractivity contribution >= 4 is 10.0 Å². The van der Waals surface area contributed by atoms with Gasteiger partial charge in [-0.15, -0.1) is 0 Å². The summed E-state index contributed by atoms with van der Waals surface area (Å²) in [5.74, 6) is 0.765. The smallest absolute Gasteiger partial charge is 0.241 e. The number of nitrogens with one attached hydrogen (secondary N) is 1. The Morgan fingerprint density at radius 3 is 2.17 bits per heavy atom. The molecule has 0 unspecified atom stereocenters. The first-order chi connectivity index (χ1) is 10.8. The molecule has 0 aliphatic carbocycles. The van der Waals surface area contributed by atoms with Crippen molar-refractivity contribution in [2.24, 2.45) is 0 Å². The Bertz CT molecular complexity index is 747. The molecule has 0 spiro atoms. The van der Waals surface area contributed by atoms with Gasteiger partial charge in [0.2, 0.25) is 10.0 Å². The van der Waals surface area contributed by atoms with Crippen LogP contribution in [0.5, 0.6) is 5.75 Å². The number of methoxy groups -OCH3 is 1. The second-order valence-corrected chi connectivity index (χ2v) is 7.46. The van der Waals surface area contributed by atoms with Crippen molar-refractivity contribution in [2.45, 2.75) is 31.6 Å². The van der Waals surface area contributed by atoms with E-state index >= 15 is 0 Å². The Labute approximate surface area is 138 Å². The first-order valence-corrected chi connectivity index (χ1v) is 9.03. The fourth-order valence-corrected chi connectivity index (χ4v) is 4.24. The highest BCUT2D eigenvalue weighted by Gasteiger charge is 2.21. The minimum Gasteiger partial charge on any atom is -0.497 e. The predicted octanol–water partition coefficient (Wildman–Crippen LogP) is 3.39. The first kappa shape index (κ1) is 17.5. The van der Waals surface area contributed by atoms with Gasteiger partial charge in [-0.05, 0) is 48.6 Å². The van der Waals surface area contributed by atoms with Crippen molar-refractivity contribution < 1.29 is 13.2 Å². The average Bonchev–Trinajstić information content (AvgIpc) is 2.52. The highest BCUT2D eigenvalue weighted by atomic mass is 32.2. The summed E-state index contributed by atoms with van der Waals surface area (Å²) in [6, 6.07) is 13.3. The Balaban J connectivity index is 2.20. The molecule has 0 fully saturated rings. The maximum absolute atomic E-state index is 12.7. The molecule has 0 heterocycles. The van der Waals surface area contributed by atoms with Crippen molar-refractivity contribution in [3.63, 3.8) is 0 Å². The monoisotopic (exact) mass is 333 g/mol. The van der Waals surface area contributed by atoms with Crippen LogP contribution in [-0.2, 0) is 10.0 Å². The van der Waals surface area contributed by atoms with Crippen molar-refractivity contribution in [3.8, 4) is 5.75 Å². The van der Waals surface area contributed by atoms with Crippen LogP contribution >= 0.6 is 0 Å². The summed E-state index contributed by atoms with van der Waals surface area (Å²) in [5, 5.41) is 0. The quantitative estimate of drug-likeness (QED) is 0.881. The molecular formula is C18H23NO3S. The van der Waals surface area contributed by atoms with Crippen molar-refractivity contribution in [1.29, 1.82) is 0 Å². The number of aryl methyl sites for hydroxylation is 2. The largest absolute Gasteiger partial charge is 0.497 e. The number of hydrogen-bond donors (Lipinski definition) is 1. The molecule has 1 atom stereocenters. The zero-order valence-electron chi connectivity index (χ0n) is 14.0. The van der Waals surface area contributed by atoms with Crippen LogP contribution in [0.4, 0.5) is 0 Å². The highest BCUT2D eigenvalue weighted by Crippen LogP contribution is 2.26. The van der Waals surface area contributed by atoms with Crippen LogP contribution in [0.25, 0.3) is 0 Å². The van der Waals surface area contributed by atoms with E-state index < -0.39 is 10.0 Å². The lowest BCUT2D eigenvalue weighted by Gasteiger charge is -2.16. The number of hydrogen-bond acceptors (Lipinski definition) is 3. The van der Waals surface area contributed by atoms with Crippen molar-refractivity contribution in [3.05, 3.63) is 59.2 Å². The molecule has 2 rings (SSSR count). The van der Waals surface area contributed by atoms with E-state index in [0.29, 0.717) is 28.3 Å². The van der Waals surface area contributed by atoms with Gasteiger partial charge < -0.3 is 4.74 Å². The fourth-order valence-electron chi connectivity index (χ4n) is 2.66. The molecule has 5 heteroatoms. The fraction of sp³-hybridized carbons (Fsp3) is 0.333. The normalized spacial score (nSPS) is 12.9. The van der Waals surface area contributed by atoms with Crippen LogP contribution in [-0.4, -0.2) is 22.1 Å². The minimum atomic E-state index is -3.56. The number of benzene rings is 2. The van der Waals surface area contributed by atoms with Gasteiger partial charge in [0.1, 0.15) is 5.75 Å². The van der Waals surface area contributed by atoms with Crippen molar-refractivity contribution in [2.75, 3.05) is 13.7 Å². The molecule has 23 heavy (non-hydrogen) atoms. The Hall–Kier alpha value is -1.85. The molecule has 0 aromatic heterocycles. The van der Waals surface area contributed by atoms with E-state index in [2.05, 4.69) is 4.72 Å². The summed E-state index contributed by atoms with van der Waals surface area (Å²) < 4.78 is 33.2. The van der Waals surface area contributed by atoms with E-state index in [1.54, 1.807) is 33.1 Å². The summed E-state index contributed by atoms with van der Waals surface area (Å²) in [5.41, 5.74) is 2.47. The van der Waals surface area contributed by atoms with Gasteiger partial charge in [0, 0.05) is 6.54 Å². The average molecular weight is 333 g/mol. The summed E-state index contributed by atoms with van der Waals surface area (Å²) >= 11 is 0. The Morgan fingerprint density at radius 2 is 1.65 bits per heavy atom. The second-order valence-electron chi connectivity index (χ2n) is 5.75. The maximum Gasteiger partial charge on any atom is 0.241 e. The summed E-state index contributed by atoms with van der Waals surface area (Å²) in [6.45, 7) is 5.93. The van der Waals surface area contributed by atoms with Gasteiger partial charge in [-0.25, -0.2) is 13.1 Å². The molecule has 0 amide bonds. The van der Waals surface area contributed by atoms with Gasteiger partial charge in [-0.1, -0.05) is 37.3 Å². The molecule has 4 nitrogen and oxygen atoms in total. The lowest BCUT2D eigenvalue weighted by molar-refractivity contribution is 0.413. The third-order valence-electron chi connectivity index (χ3n) is 3.89. The molecule has 0 radical (unpaired) electrons. The van der Waals surface area contributed by atoms with E-state index in [1.807, 2.05) is 37.3 Å². The second kappa shape index (κ2) is 7.15. The number of ether oxygens (including phenoxy) is 1. The zero-order chi connectivity index (χ0) is 17.0. The number of rotatable bonds is 6. The van der Waals surface area contributed by atoms with Crippen LogP contribution in [0.1, 0.15) is 29.5 Å². The SMILES string of the molecule is COc1cc(C)c(S(=O)(=O)NC[C@H](C)c2ccccc2)c(C)c1. The Morgan fingerprint density at radius 1 is 1.09 bits per heavy atom. The molecule has 0 bridgehead atoms. The zero-order valence-corrected chi connectivity index (χ0v) is 14.8. The molecule has 2 aromatic rings. The van der Waals surface area contributed by atoms with Crippen LogP contribution < -0.4 is 9.46 Å². The van der Waals surface area contributed by atoms with Gasteiger partial charge in [0.25, 0.3) is 0 Å². The van der Waals surface area contributed by atoms with E-state index in [0.717, 1.165) is 5.56 Å². The lowest BCUT2D eigenvalue weighted by Crippen LogP contribution is -2.29. The topological polar surface area (TPSA) is 55.4 Å². The molecule has 1 N–H and O–H groups in total. The standard InChI is InChI=1S/C18H23NO3S/c1-13-10-17(22-4)11-14(2)18(13)23(20,21)19-12-15(3)16-8-6-5-7-9-16/h5-11,15,19H,12H2,1-4H3/t15-/m0/s1. The lowest BCUT2D eigenvalue weighted by atomic mass is 10.0. The molecule has 0 aliphatic heterocycles. The summed E-state index contributed by atoms with van der Waals surface area (Å²) in [7, 11) is -1.98. The van der Waals surface area contributed by atoms with Crippen LogP contribution in [0.15, 0.2) is 47.4 Å². The van der Waals surface area contributed by atoms with Gasteiger partial charge in [0.05, 0.1) is 12.0 Å².